The first-order valence-electron chi connectivity index (χ1n) is 14.0. The topological polar surface area (TPSA) is 134 Å². The first-order valence-corrected chi connectivity index (χ1v) is 16.5. The van der Waals surface area contributed by atoms with Crippen LogP contribution in [0.3, 0.4) is 0 Å². The third-order valence-electron chi connectivity index (χ3n) is 7.19. The van der Waals surface area contributed by atoms with Crippen LogP contribution in [0.4, 0.5) is 5.69 Å². The van der Waals surface area contributed by atoms with E-state index in [1.165, 1.54) is 23.6 Å². The lowest BCUT2D eigenvalue weighted by Gasteiger charge is -2.24. The van der Waals surface area contributed by atoms with Gasteiger partial charge in [0.2, 0.25) is 16.0 Å². The predicted molar refractivity (Wildman–Crippen MR) is 174 cm³/mol. The number of anilines is 1. The maximum atomic E-state index is 13.7. The van der Waals surface area contributed by atoms with Gasteiger partial charge in [0, 0.05) is 52.6 Å². The van der Waals surface area contributed by atoms with Crippen molar-refractivity contribution in [1.29, 1.82) is 0 Å². The van der Waals surface area contributed by atoms with E-state index in [1.54, 1.807) is 31.4 Å². The molecule has 0 spiro atoms. The number of pyridine rings is 1. The van der Waals surface area contributed by atoms with E-state index < -0.39 is 10.0 Å². The first kappa shape index (κ1) is 31.3. The van der Waals surface area contributed by atoms with Crippen LogP contribution in [0.2, 0.25) is 0 Å². The second-order valence-corrected chi connectivity index (χ2v) is 13.4. The third kappa shape index (κ3) is 8.66. The number of hydrazine groups is 1. The van der Waals surface area contributed by atoms with E-state index >= 15 is 0 Å². The number of aromatic nitrogens is 1. The quantitative estimate of drug-likeness (QED) is 0.0549. The lowest BCUT2D eigenvalue weighted by molar-refractivity contribution is 0.408. The van der Waals surface area contributed by atoms with Crippen LogP contribution < -0.4 is 26.6 Å². The Labute approximate surface area is 256 Å². The van der Waals surface area contributed by atoms with Crippen LogP contribution in [0.1, 0.15) is 44.2 Å². The van der Waals surface area contributed by atoms with Crippen molar-refractivity contribution < 1.29 is 13.2 Å². The fourth-order valence-electron chi connectivity index (χ4n) is 5.05. The van der Waals surface area contributed by atoms with Crippen LogP contribution in [0.25, 0.3) is 10.9 Å². The minimum Gasteiger partial charge on any atom is -0.497 e. The normalized spacial score (nSPS) is 14.8. The molecule has 0 radical (unpaired) electrons. The van der Waals surface area contributed by atoms with Crippen LogP contribution in [0, 0.1) is 10.5 Å². The summed E-state index contributed by atoms with van der Waals surface area (Å²) in [5.41, 5.74) is 5.39. The monoisotopic (exact) mass is 693 g/mol. The van der Waals surface area contributed by atoms with Gasteiger partial charge in [0.25, 0.3) is 0 Å². The number of sulfonamides is 1. The predicted octanol–water partition coefficient (Wildman–Crippen LogP) is 4.39. The smallest absolute Gasteiger partial charge is 0.243 e. The highest BCUT2D eigenvalue weighted by Gasteiger charge is 2.24. The maximum Gasteiger partial charge on any atom is 0.243 e. The summed E-state index contributed by atoms with van der Waals surface area (Å²) < 4.78 is 35.2. The first-order chi connectivity index (χ1) is 19.8. The number of nitrogens with zero attached hydrogens (tertiary/aromatic N) is 3. The molecule has 1 aliphatic rings. The number of nitrogens with two attached hydrogens (primary N) is 1. The molecule has 10 nitrogen and oxygen atoms in total. The molecule has 0 saturated heterocycles. The van der Waals surface area contributed by atoms with Gasteiger partial charge in [0.1, 0.15) is 5.75 Å². The SMILES string of the molecule is COc1ccc(S(=O)(=O)N(CCCN=C(NN)NC2CCCCC2)CCNc2cc(C)nc3ccc(I)cc23)cc1. The summed E-state index contributed by atoms with van der Waals surface area (Å²) >= 11 is 2.29. The molecule has 2 aromatic carbocycles. The molecular formula is C29H40IN7O3S. The van der Waals surface area contributed by atoms with Crippen molar-refractivity contribution in [2.45, 2.75) is 56.4 Å². The Morgan fingerprint density at radius 2 is 1.88 bits per heavy atom. The lowest BCUT2D eigenvalue weighted by atomic mass is 9.96. The molecule has 3 aromatic rings. The number of nitrogens with one attached hydrogen (secondary N) is 3. The molecule has 0 atom stereocenters. The highest BCUT2D eigenvalue weighted by atomic mass is 127. The summed E-state index contributed by atoms with van der Waals surface area (Å²) in [6.07, 6.45) is 6.43. The van der Waals surface area contributed by atoms with Crippen molar-refractivity contribution >= 4 is 55.2 Å². The molecule has 0 bridgehead atoms. The van der Waals surface area contributed by atoms with Gasteiger partial charge in [-0.05, 0) is 97.3 Å². The van der Waals surface area contributed by atoms with Gasteiger partial charge < -0.3 is 15.4 Å². The number of rotatable bonds is 12. The van der Waals surface area contributed by atoms with Crippen molar-refractivity contribution in [3.8, 4) is 5.75 Å². The molecule has 4 rings (SSSR count). The number of hydrogen-bond donors (Lipinski definition) is 4. The van der Waals surface area contributed by atoms with Crippen LogP contribution in [-0.2, 0) is 10.0 Å². The van der Waals surface area contributed by atoms with Crippen molar-refractivity contribution in [2.24, 2.45) is 10.8 Å². The number of hydrogen-bond acceptors (Lipinski definition) is 7. The molecular weight excluding hydrogens is 653 g/mol. The summed E-state index contributed by atoms with van der Waals surface area (Å²) in [5, 5.41) is 7.86. The molecule has 5 N–H and O–H groups in total. The Morgan fingerprint density at radius 3 is 2.59 bits per heavy atom. The van der Waals surface area contributed by atoms with E-state index in [0.717, 1.165) is 38.7 Å². The van der Waals surface area contributed by atoms with Crippen LogP contribution >= 0.6 is 22.6 Å². The average Bonchev–Trinajstić information content (AvgIpc) is 2.98. The van der Waals surface area contributed by atoms with E-state index in [9.17, 15) is 8.42 Å². The van der Waals surface area contributed by atoms with E-state index in [0.29, 0.717) is 43.8 Å². The van der Waals surface area contributed by atoms with Gasteiger partial charge in [-0.2, -0.15) is 4.31 Å². The van der Waals surface area contributed by atoms with Gasteiger partial charge in [-0.1, -0.05) is 19.3 Å². The fraction of sp³-hybridized carbons (Fsp3) is 0.448. The summed E-state index contributed by atoms with van der Waals surface area (Å²) in [5.74, 6) is 6.87. The maximum absolute atomic E-state index is 13.7. The number of ether oxygens (including phenoxy) is 1. The summed E-state index contributed by atoms with van der Waals surface area (Å²) in [6, 6.07) is 15.0. The molecule has 1 saturated carbocycles. The second-order valence-electron chi connectivity index (χ2n) is 10.2. The van der Waals surface area contributed by atoms with Crippen LogP contribution in [0.15, 0.2) is 58.4 Å². The number of guanidine groups is 1. The van der Waals surface area contributed by atoms with Gasteiger partial charge >= 0.3 is 0 Å². The summed E-state index contributed by atoms with van der Waals surface area (Å²) in [7, 11) is -2.19. The van der Waals surface area contributed by atoms with E-state index in [4.69, 9.17) is 10.6 Å². The zero-order valence-electron chi connectivity index (χ0n) is 23.7. The number of aryl methyl sites for hydroxylation is 1. The molecule has 1 fully saturated rings. The van der Waals surface area contributed by atoms with Crippen molar-refractivity contribution in [1.82, 2.24) is 20.0 Å². The van der Waals surface area contributed by atoms with E-state index in [1.807, 2.05) is 25.1 Å². The Hall–Kier alpha value is -2.68. The zero-order chi connectivity index (χ0) is 29.2. The van der Waals surface area contributed by atoms with Crippen LogP contribution in [0.5, 0.6) is 5.75 Å². The van der Waals surface area contributed by atoms with Gasteiger partial charge in [0.15, 0.2) is 0 Å². The number of methoxy groups -OCH3 is 1. The minimum atomic E-state index is -3.75. The standard InChI is InChI=1S/C29H40IN7O3S/c1-21-19-28(26-20-22(30)9-14-27(26)34-21)32-16-18-37(41(38,39)25-12-10-24(40-2)11-13-25)17-6-15-33-29(36-31)35-23-7-4-3-5-8-23/h9-14,19-20,23H,3-8,15-18,31H2,1-2H3,(H,32,34)(H2,33,35,36). The Bertz CT molecular complexity index is 1430. The molecule has 0 amide bonds. The largest absolute Gasteiger partial charge is 0.497 e. The number of aliphatic imine (C=N–C) groups is 1. The van der Waals surface area contributed by atoms with Gasteiger partial charge in [0.05, 0.1) is 17.5 Å². The molecule has 1 heterocycles. The molecule has 222 valence electrons. The number of benzene rings is 2. The number of fused-ring (bicyclic) bond motifs is 1. The lowest BCUT2D eigenvalue weighted by Crippen LogP contribution is -2.47. The fourth-order valence-corrected chi connectivity index (χ4v) is 7.02. The van der Waals surface area contributed by atoms with Crippen molar-refractivity contribution in [3.63, 3.8) is 0 Å². The summed E-state index contributed by atoms with van der Waals surface area (Å²) in [6.45, 7) is 3.43. The van der Waals surface area contributed by atoms with Crippen LogP contribution in [-0.4, -0.2) is 63.0 Å². The molecule has 0 aliphatic heterocycles. The molecule has 12 heteroatoms. The second kappa shape index (κ2) is 15.0. The van der Waals surface area contributed by atoms with Gasteiger partial charge in [-0.25, -0.2) is 14.3 Å². The molecule has 41 heavy (non-hydrogen) atoms. The Kier molecular flexibility index (Phi) is 11.4. The Morgan fingerprint density at radius 1 is 1.12 bits per heavy atom. The highest BCUT2D eigenvalue weighted by Crippen LogP contribution is 2.25. The van der Waals surface area contributed by atoms with Gasteiger partial charge in [-0.3, -0.25) is 15.4 Å². The third-order valence-corrected chi connectivity index (χ3v) is 9.77. The summed E-state index contributed by atoms with van der Waals surface area (Å²) in [4.78, 5) is 9.43. The van der Waals surface area contributed by atoms with E-state index in [-0.39, 0.29) is 11.4 Å². The Balaban J connectivity index is 1.46. The average molecular weight is 694 g/mol. The molecule has 0 unspecified atom stereocenters. The van der Waals surface area contributed by atoms with Crippen molar-refractivity contribution in [3.05, 3.63) is 57.8 Å². The van der Waals surface area contributed by atoms with Gasteiger partial charge in [-0.15, -0.1) is 0 Å². The highest BCUT2D eigenvalue weighted by molar-refractivity contribution is 14.1. The van der Waals surface area contributed by atoms with Crippen molar-refractivity contribution in [2.75, 3.05) is 38.6 Å². The minimum absolute atomic E-state index is 0.227. The zero-order valence-corrected chi connectivity index (χ0v) is 26.7. The van der Waals surface area contributed by atoms with E-state index in [2.05, 4.69) is 54.7 Å². The molecule has 1 aromatic heterocycles. The molecule has 1 aliphatic carbocycles. The number of halogens is 1.